The molecular formula is C17H17F2N. The Hall–Kier alpha value is -1.90. The minimum atomic E-state index is -0.413. The number of aryl methyl sites for hydroxylation is 1. The van der Waals surface area contributed by atoms with E-state index in [9.17, 15) is 8.78 Å². The third-order valence-corrected chi connectivity index (χ3v) is 3.94. The van der Waals surface area contributed by atoms with Crippen molar-refractivity contribution < 1.29 is 8.78 Å². The van der Waals surface area contributed by atoms with Crippen molar-refractivity contribution in [3.8, 4) is 0 Å². The van der Waals surface area contributed by atoms with E-state index >= 15 is 0 Å². The lowest BCUT2D eigenvalue weighted by Crippen LogP contribution is -2.34. The van der Waals surface area contributed by atoms with E-state index in [0.717, 1.165) is 25.0 Å². The molecule has 1 nitrogen and oxygen atoms in total. The van der Waals surface area contributed by atoms with Crippen LogP contribution in [0.4, 0.5) is 14.5 Å². The maximum Gasteiger partial charge on any atom is 0.146 e. The summed E-state index contributed by atoms with van der Waals surface area (Å²) in [4.78, 5) is 0. The van der Waals surface area contributed by atoms with Crippen LogP contribution in [0.3, 0.4) is 0 Å². The zero-order valence-corrected chi connectivity index (χ0v) is 11.4. The molecule has 0 saturated heterocycles. The molecule has 0 radical (unpaired) electrons. The van der Waals surface area contributed by atoms with Gasteiger partial charge in [0.1, 0.15) is 11.6 Å². The van der Waals surface area contributed by atoms with Gasteiger partial charge in [-0.1, -0.05) is 29.8 Å². The van der Waals surface area contributed by atoms with E-state index in [2.05, 4.69) is 36.5 Å². The zero-order valence-electron chi connectivity index (χ0n) is 11.4. The third kappa shape index (κ3) is 2.67. The summed E-state index contributed by atoms with van der Waals surface area (Å²) < 4.78 is 26.6. The molecule has 1 aliphatic rings. The predicted molar refractivity (Wildman–Crippen MR) is 76.9 cm³/mol. The minimum absolute atomic E-state index is 0.219. The molecule has 1 N–H and O–H groups in total. The highest BCUT2D eigenvalue weighted by Gasteiger charge is 2.30. The number of halogens is 2. The van der Waals surface area contributed by atoms with E-state index in [1.165, 1.54) is 17.2 Å². The first-order chi connectivity index (χ1) is 9.61. The van der Waals surface area contributed by atoms with Gasteiger partial charge in [0.2, 0.25) is 0 Å². The largest absolute Gasteiger partial charge is 0.380 e. The molecule has 2 aromatic rings. The predicted octanol–water partition coefficient (Wildman–Crippen LogP) is 4.63. The van der Waals surface area contributed by atoms with Crippen molar-refractivity contribution in [1.29, 1.82) is 0 Å². The van der Waals surface area contributed by atoms with Gasteiger partial charge in [0.25, 0.3) is 0 Å². The fraction of sp³-hybridized carbons (Fsp3) is 0.294. The van der Waals surface area contributed by atoms with Gasteiger partial charge in [0, 0.05) is 6.04 Å². The Morgan fingerprint density at radius 3 is 2.60 bits per heavy atom. The van der Waals surface area contributed by atoms with Crippen molar-refractivity contribution in [3.05, 3.63) is 65.2 Å². The van der Waals surface area contributed by atoms with Crippen molar-refractivity contribution in [1.82, 2.24) is 0 Å². The molecule has 3 rings (SSSR count). The summed E-state index contributed by atoms with van der Waals surface area (Å²) in [6.45, 7) is 2.08. The second kappa shape index (κ2) is 5.23. The molecule has 1 aliphatic carbocycles. The van der Waals surface area contributed by atoms with Gasteiger partial charge in [-0.25, -0.2) is 8.78 Å². The van der Waals surface area contributed by atoms with Crippen LogP contribution in [0.1, 0.15) is 29.9 Å². The molecule has 0 aromatic heterocycles. The van der Waals surface area contributed by atoms with E-state index in [1.54, 1.807) is 0 Å². The van der Waals surface area contributed by atoms with Crippen molar-refractivity contribution in [3.63, 3.8) is 0 Å². The lowest BCUT2D eigenvalue weighted by molar-refractivity contribution is 0.372. The van der Waals surface area contributed by atoms with Crippen molar-refractivity contribution in [2.45, 2.75) is 31.7 Å². The van der Waals surface area contributed by atoms with Crippen LogP contribution >= 0.6 is 0 Å². The van der Waals surface area contributed by atoms with E-state index in [4.69, 9.17) is 0 Å². The lowest BCUT2D eigenvalue weighted by Gasteiger charge is -2.37. The second-order valence-electron chi connectivity index (χ2n) is 5.55. The number of rotatable bonds is 3. The van der Waals surface area contributed by atoms with Gasteiger partial charge in [-0.05, 0) is 49.4 Å². The summed E-state index contributed by atoms with van der Waals surface area (Å²) in [5.41, 5.74) is 2.86. The molecular weight excluding hydrogens is 256 g/mol. The quantitative estimate of drug-likeness (QED) is 0.859. The molecule has 20 heavy (non-hydrogen) atoms. The Morgan fingerprint density at radius 2 is 1.85 bits per heavy atom. The van der Waals surface area contributed by atoms with Crippen LogP contribution in [0.25, 0.3) is 0 Å². The summed E-state index contributed by atoms with van der Waals surface area (Å²) in [5.74, 6) is -0.294. The van der Waals surface area contributed by atoms with Crippen molar-refractivity contribution in [2.75, 3.05) is 5.32 Å². The number of hydrogen-bond acceptors (Lipinski definition) is 1. The zero-order chi connectivity index (χ0) is 14.1. The smallest absolute Gasteiger partial charge is 0.146 e. The average Bonchev–Trinajstić information content (AvgIpc) is 2.37. The van der Waals surface area contributed by atoms with Crippen LogP contribution in [0, 0.1) is 18.6 Å². The van der Waals surface area contributed by atoms with Gasteiger partial charge in [-0.15, -0.1) is 0 Å². The van der Waals surface area contributed by atoms with E-state index < -0.39 is 11.6 Å². The van der Waals surface area contributed by atoms with E-state index in [-0.39, 0.29) is 11.7 Å². The van der Waals surface area contributed by atoms with E-state index in [0.29, 0.717) is 5.92 Å². The summed E-state index contributed by atoms with van der Waals surface area (Å²) in [5, 5.41) is 3.09. The van der Waals surface area contributed by atoms with Gasteiger partial charge < -0.3 is 5.32 Å². The van der Waals surface area contributed by atoms with Crippen molar-refractivity contribution >= 4 is 5.69 Å². The molecule has 2 aromatic carbocycles. The third-order valence-electron chi connectivity index (χ3n) is 3.94. The maximum absolute atomic E-state index is 13.5. The highest BCUT2D eigenvalue weighted by atomic mass is 19.1. The highest BCUT2D eigenvalue weighted by Crippen LogP contribution is 2.39. The van der Waals surface area contributed by atoms with Crippen LogP contribution in [0.5, 0.6) is 0 Å². The Labute approximate surface area is 117 Å². The second-order valence-corrected chi connectivity index (χ2v) is 5.55. The first kappa shape index (κ1) is 13.1. The molecule has 0 heterocycles. The van der Waals surface area contributed by atoms with Crippen LogP contribution < -0.4 is 5.32 Å². The van der Waals surface area contributed by atoms with Gasteiger partial charge >= 0.3 is 0 Å². The van der Waals surface area contributed by atoms with Gasteiger partial charge in [0.05, 0.1) is 5.69 Å². The van der Waals surface area contributed by atoms with Gasteiger partial charge in [-0.3, -0.25) is 0 Å². The standard InChI is InChI=1S/C17H17F2N/c1-11-3-2-4-12(7-11)13-8-15(9-13)20-17-10-14(18)5-6-16(17)19/h2-7,10,13,15,20H,8-9H2,1H3. The van der Waals surface area contributed by atoms with Gasteiger partial charge in [-0.2, -0.15) is 0 Å². The summed E-state index contributed by atoms with van der Waals surface area (Å²) in [6.07, 6.45) is 1.92. The Bertz CT molecular complexity index is 618. The molecule has 104 valence electrons. The maximum atomic E-state index is 13.5. The minimum Gasteiger partial charge on any atom is -0.380 e. The van der Waals surface area contributed by atoms with Crippen LogP contribution in [-0.2, 0) is 0 Å². The average molecular weight is 273 g/mol. The molecule has 1 fully saturated rings. The first-order valence-electron chi connectivity index (χ1n) is 6.90. The molecule has 3 heteroatoms. The molecule has 1 saturated carbocycles. The number of hydrogen-bond donors (Lipinski definition) is 1. The molecule has 0 bridgehead atoms. The Balaban J connectivity index is 1.62. The van der Waals surface area contributed by atoms with Gasteiger partial charge in [0.15, 0.2) is 0 Å². The SMILES string of the molecule is Cc1cccc(C2CC(Nc3cc(F)ccc3F)C2)c1. The van der Waals surface area contributed by atoms with Crippen molar-refractivity contribution in [2.24, 2.45) is 0 Å². The van der Waals surface area contributed by atoms with Crippen LogP contribution in [-0.4, -0.2) is 6.04 Å². The molecule has 0 amide bonds. The molecule has 0 atom stereocenters. The fourth-order valence-electron chi connectivity index (χ4n) is 2.76. The van der Waals surface area contributed by atoms with E-state index in [1.807, 2.05) is 0 Å². The Morgan fingerprint density at radius 1 is 1.05 bits per heavy atom. The molecule has 0 aliphatic heterocycles. The highest BCUT2D eigenvalue weighted by molar-refractivity contribution is 5.46. The van der Waals surface area contributed by atoms with Crippen LogP contribution in [0.2, 0.25) is 0 Å². The normalized spacial score (nSPS) is 21.4. The monoisotopic (exact) mass is 273 g/mol. The fourth-order valence-corrected chi connectivity index (χ4v) is 2.76. The van der Waals surface area contributed by atoms with Crippen LogP contribution in [0.15, 0.2) is 42.5 Å². The number of anilines is 1. The molecule has 0 unspecified atom stereocenters. The topological polar surface area (TPSA) is 12.0 Å². The lowest BCUT2D eigenvalue weighted by atomic mass is 9.75. The summed E-state index contributed by atoms with van der Waals surface area (Å²) >= 11 is 0. The summed E-state index contributed by atoms with van der Waals surface area (Å²) in [7, 11) is 0. The number of benzene rings is 2. The first-order valence-corrected chi connectivity index (χ1v) is 6.90. The molecule has 0 spiro atoms. The Kier molecular flexibility index (Phi) is 3.43. The summed E-state index contributed by atoms with van der Waals surface area (Å²) in [6, 6.07) is 12.2. The number of nitrogens with one attached hydrogen (secondary N) is 1.